The van der Waals surface area contributed by atoms with Crippen molar-refractivity contribution in [3.05, 3.63) is 116 Å². The van der Waals surface area contributed by atoms with E-state index in [-0.39, 0.29) is 10.7 Å². The lowest BCUT2D eigenvalue weighted by Gasteiger charge is -2.02. The maximum atomic E-state index is 12.7. The summed E-state index contributed by atoms with van der Waals surface area (Å²) >= 11 is 0. The van der Waals surface area contributed by atoms with Crippen molar-refractivity contribution in [1.82, 2.24) is 0 Å². The van der Waals surface area contributed by atoms with Crippen LogP contribution in [0.1, 0.15) is 0 Å². The zero-order valence-electron chi connectivity index (χ0n) is 14.8. The molecule has 6 heteroatoms. The fourth-order valence-electron chi connectivity index (χ4n) is 2.84. The normalized spacial score (nSPS) is 12.3. The van der Waals surface area contributed by atoms with Crippen molar-refractivity contribution in [2.75, 3.05) is 10.9 Å². The van der Waals surface area contributed by atoms with E-state index in [0.717, 1.165) is 11.4 Å². The molecular formula is C22H16N4O2. The van der Waals surface area contributed by atoms with Crippen LogP contribution in [0.2, 0.25) is 0 Å². The van der Waals surface area contributed by atoms with Crippen LogP contribution >= 0.6 is 0 Å². The first-order valence-electron chi connectivity index (χ1n) is 8.70. The number of fused-ring (bicyclic) bond motifs is 1. The van der Waals surface area contributed by atoms with Crippen molar-refractivity contribution in [3.8, 4) is 0 Å². The largest absolute Gasteiger partial charge is 0.283 e. The van der Waals surface area contributed by atoms with Crippen molar-refractivity contribution in [1.29, 1.82) is 0 Å². The molecule has 0 spiro atoms. The SMILES string of the molecule is O=c1c(=O)/c(=N/Nc2ccccc2)c2ccccc2/c1=N/Nc1ccccc1. The number of benzene rings is 4. The first kappa shape index (κ1) is 17.4. The summed E-state index contributed by atoms with van der Waals surface area (Å²) in [6, 6.07) is 25.5. The fourth-order valence-corrected chi connectivity index (χ4v) is 2.84. The van der Waals surface area contributed by atoms with Gasteiger partial charge in [0.2, 0.25) is 0 Å². The number of anilines is 2. The van der Waals surface area contributed by atoms with Gasteiger partial charge in [-0.3, -0.25) is 20.4 Å². The maximum Gasteiger partial charge on any atom is 0.256 e. The molecule has 0 bridgehead atoms. The minimum atomic E-state index is -0.698. The Balaban J connectivity index is 1.89. The topological polar surface area (TPSA) is 82.9 Å². The van der Waals surface area contributed by atoms with Crippen molar-refractivity contribution in [2.24, 2.45) is 10.2 Å². The summed E-state index contributed by atoms with van der Waals surface area (Å²) in [5.41, 5.74) is 5.72. The zero-order valence-corrected chi connectivity index (χ0v) is 14.8. The van der Waals surface area contributed by atoms with Gasteiger partial charge in [-0.15, -0.1) is 0 Å². The molecule has 0 saturated carbocycles. The van der Waals surface area contributed by atoms with Crippen LogP contribution in [0.25, 0.3) is 10.8 Å². The number of hydrogen-bond acceptors (Lipinski definition) is 6. The van der Waals surface area contributed by atoms with Crippen LogP contribution in [0.3, 0.4) is 0 Å². The molecule has 0 heterocycles. The summed E-state index contributed by atoms with van der Waals surface area (Å²) in [4.78, 5) is 25.4. The predicted octanol–water partition coefficient (Wildman–Crippen LogP) is 2.29. The molecule has 0 fully saturated rings. The van der Waals surface area contributed by atoms with Gasteiger partial charge in [0.15, 0.2) is 0 Å². The molecule has 4 rings (SSSR count). The van der Waals surface area contributed by atoms with E-state index in [1.54, 1.807) is 24.3 Å². The lowest BCUT2D eigenvalue weighted by atomic mass is 10.1. The van der Waals surface area contributed by atoms with Gasteiger partial charge in [0.25, 0.3) is 10.9 Å². The van der Waals surface area contributed by atoms with Gasteiger partial charge in [0.1, 0.15) is 10.7 Å². The summed E-state index contributed by atoms with van der Waals surface area (Å²) in [6.07, 6.45) is 0. The van der Waals surface area contributed by atoms with Gasteiger partial charge in [-0.05, 0) is 24.3 Å². The van der Waals surface area contributed by atoms with Crippen LogP contribution in [0.4, 0.5) is 11.4 Å². The molecule has 2 N–H and O–H groups in total. The van der Waals surface area contributed by atoms with Gasteiger partial charge in [-0.2, -0.15) is 10.2 Å². The summed E-state index contributed by atoms with van der Waals surface area (Å²) < 4.78 is 0. The van der Waals surface area contributed by atoms with E-state index in [0.29, 0.717) is 10.8 Å². The summed E-state index contributed by atoms with van der Waals surface area (Å²) in [6.45, 7) is 0. The van der Waals surface area contributed by atoms with Gasteiger partial charge in [0.05, 0.1) is 11.4 Å². The van der Waals surface area contributed by atoms with Crippen LogP contribution in [-0.4, -0.2) is 0 Å². The number of hydrogen-bond donors (Lipinski definition) is 2. The molecule has 6 nitrogen and oxygen atoms in total. The third-order valence-electron chi connectivity index (χ3n) is 4.21. The van der Waals surface area contributed by atoms with Crippen LogP contribution in [-0.2, 0) is 0 Å². The zero-order chi connectivity index (χ0) is 19.3. The molecule has 0 aliphatic carbocycles. The van der Waals surface area contributed by atoms with Crippen LogP contribution < -0.4 is 32.4 Å². The first-order valence-corrected chi connectivity index (χ1v) is 8.70. The van der Waals surface area contributed by atoms with E-state index in [1.807, 2.05) is 60.7 Å². The molecule has 0 radical (unpaired) electrons. The van der Waals surface area contributed by atoms with Crippen LogP contribution in [0, 0.1) is 0 Å². The van der Waals surface area contributed by atoms with E-state index < -0.39 is 10.9 Å². The molecule has 0 aromatic heterocycles. The highest BCUT2D eigenvalue weighted by Gasteiger charge is 2.09. The van der Waals surface area contributed by atoms with Gasteiger partial charge in [0, 0.05) is 10.8 Å². The molecule has 4 aromatic carbocycles. The highest BCUT2D eigenvalue weighted by Crippen LogP contribution is 2.06. The number of nitrogens with one attached hydrogen (secondary N) is 2. The van der Waals surface area contributed by atoms with Crippen molar-refractivity contribution in [3.63, 3.8) is 0 Å². The Hall–Kier alpha value is -4.06. The second-order valence-corrected chi connectivity index (χ2v) is 6.08. The minimum absolute atomic E-state index is 0.0723. The van der Waals surface area contributed by atoms with Gasteiger partial charge in [-0.1, -0.05) is 60.7 Å². The van der Waals surface area contributed by atoms with E-state index in [2.05, 4.69) is 21.1 Å². The second kappa shape index (κ2) is 7.67. The molecule has 28 heavy (non-hydrogen) atoms. The third kappa shape index (κ3) is 3.43. The first-order chi connectivity index (χ1) is 13.7. The van der Waals surface area contributed by atoms with E-state index in [4.69, 9.17) is 0 Å². The Morgan fingerprint density at radius 2 is 0.857 bits per heavy atom. The summed E-state index contributed by atoms with van der Waals surface area (Å²) in [7, 11) is 0. The van der Waals surface area contributed by atoms with E-state index in [1.165, 1.54) is 0 Å². The maximum absolute atomic E-state index is 12.7. The van der Waals surface area contributed by atoms with E-state index in [9.17, 15) is 9.59 Å². The van der Waals surface area contributed by atoms with Crippen molar-refractivity contribution >= 4 is 22.1 Å². The summed E-state index contributed by atoms with van der Waals surface area (Å²) in [5, 5.41) is 9.66. The molecule has 0 aliphatic rings. The fraction of sp³-hybridized carbons (Fsp3) is 0. The monoisotopic (exact) mass is 368 g/mol. The average Bonchev–Trinajstić information content (AvgIpc) is 2.75. The highest BCUT2D eigenvalue weighted by atomic mass is 16.2. The molecule has 0 atom stereocenters. The summed E-state index contributed by atoms with van der Waals surface area (Å²) in [5.74, 6) is 0. The standard InChI is InChI=1S/C22H16N4O2/c27-21-19(25-23-15-9-3-1-4-10-15)17-13-7-8-14-18(17)20(22(21)28)26-24-16-11-5-2-6-12-16/h1-14,23-24H/b25-19-,26-20+. The molecule has 0 aliphatic heterocycles. The number of para-hydroxylation sites is 2. The number of rotatable bonds is 4. The van der Waals surface area contributed by atoms with Crippen molar-refractivity contribution < 1.29 is 0 Å². The second-order valence-electron chi connectivity index (χ2n) is 6.08. The Bertz CT molecular complexity index is 1230. The Morgan fingerprint density at radius 1 is 0.500 bits per heavy atom. The van der Waals surface area contributed by atoms with Gasteiger partial charge in [-0.25, -0.2) is 0 Å². The quantitative estimate of drug-likeness (QED) is 0.428. The van der Waals surface area contributed by atoms with Crippen molar-refractivity contribution in [2.45, 2.75) is 0 Å². The smallest absolute Gasteiger partial charge is 0.256 e. The van der Waals surface area contributed by atoms with Gasteiger partial charge >= 0.3 is 0 Å². The molecule has 4 aromatic rings. The average molecular weight is 368 g/mol. The molecule has 136 valence electrons. The predicted molar refractivity (Wildman–Crippen MR) is 110 cm³/mol. The Morgan fingerprint density at radius 3 is 1.25 bits per heavy atom. The lowest BCUT2D eigenvalue weighted by Crippen LogP contribution is -2.48. The number of nitrogens with zero attached hydrogens (tertiary/aromatic N) is 2. The third-order valence-corrected chi connectivity index (χ3v) is 4.21. The molecular weight excluding hydrogens is 352 g/mol. The van der Waals surface area contributed by atoms with Crippen LogP contribution in [0.15, 0.2) is 105 Å². The highest BCUT2D eigenvalue weighted by molar-refractivity contribution is 5.81. The molecule has 0 saturated heterocycles. The molecule has 0 unspecified atom stereocenters. The molecule has 0 amide bonds. The Kier molecular flexibility index (Phi) is 4.76. The van der Waals surface area contributed by atoms with Crippen LogP contribution in [0.5, 0.6) is 0 Å². The Labute approximate surface area is 159 Å². The lowest BCUT2D eigenvalue weighted by molar-refractivity contribution is 1.16. The van der Waals surface area contributed by atoms with Gasteiger partial charge < -0.3 is 0 Å². The minimum Gasteiger partial charge on any atom is -0.283 e. The van der Waals surface area contributed by atoms with E-state index >= 15 is 0 Å².